The van der Waals surface area contributed by atoms with Crippen molar-refractivity contribution in [1.29, 1.82) is 0 Å². The molecule has 0 amide bonds. The molecule has 5 rings (SSSR count). The number of hydrogen-bond acceptors (Lipinski definition) is 10. The van der Waals surface area contributed by atoms with Crippen LogP contribution in [0.3, 0.4) is 0 Å². The van der Waals surface area contributed by atoms with Crippen LogP contribution >= 0.6 is 0 Å². The minimum Gasteiger partial charge on any atom is -0.462 e. The molecule has 3 saturated heterocycles. The summed E-state index contributed by atoms with van der Waals surface area (Å²) in [6.07, 6.45) is 11.7. The van der Waals surface area contributed by atoms with Crippen LogP contribution in [0.25, 0.3) is 6.08 Å². The Kier molecular flexibility index (Phi) is 10.2. The largest absolute Gasteiger partial charge is 0.462 e. The number of aliphatic hydroxyl groups is 1. The van der Waals surface area contributed by atoms with Gasteiger partial charge in [0.25, 0.3) is 0 Å². The molecule has 4 aliphatic rings. The maximum atomic E-state index is 13.4. The van der Waals surface area contributed by atoms with Crippen molar-refractivity contribution in [2.45, 2.75) is 116 Å². The van der Waals surface area contributed by atoms with Gasteiger partial charge in [-0.2, -0.15) is 0 Å². The minimum atomic E-state index is -0.905. The Balaban J connectivity index is 1.33. The molecule has 0 spiro atoms. The van der Waals surface area contributed by atoms with E-state index in [0.717, 1.165) is 16.8 Å². The summed E-state index contributed by atoms with van der Waals surface area (Å²) >= 11 is 0. The Labute approximate surface area is 265 Å². The van der Waals surface area contributed by atoms with Gasteiger partial charge in [-0.05, 0) is 56.8 Å². The fraction of sp³-hybridized carbons (Fsp3) is 0.629. The molecular weight excluding hydrogens is 578 g/mol. The van der Waals surface area contributed by atoms with Gasteiger partial charge in [0, 0.05) is 38.7 Å². The van der Waals surface area contributed by atoms with E-state index in [1.165, 1.54) is 0 Å². The van der Waals surface area contributed by atoms with Crippen molar-refractivity contribution in [3.63, 3.8) is 0 Å². The van der Waals surface area contributed by atoms with Crippen LogP contribution in [0.2, 0.25) is 0 Å². The van der Waals surface area contributed by atoms with Gasteiger partial charge in [0.05, 0.1) is 18.3 Å². The number of carbonyl (C=O) groups is 2. The van der Waals surface area contributed by atoms with E-state index in [2.05, 4.69) is 4.98 Å². The average molecular weight is 626 g/mol. The molecule has 1 aromatic rings. The molecule has 45 heavy (non-hydrogen) atoms. The molecule has 0 aliphatic carbocycles. The number of ether oxygens (including phenoxy) is 5. The van der Waals surface area contributed by atoms with Crippen LogP contribution in [0.4, 0.5) is 0 Å². The summed E-state index contributed by atoms with van der Waals surface area (Å²) in [5.41, 5.74) is 1.86. The standard InChI is InChI=1S/C35H47NO9/c1-19(13-25-18-41-23(5)36-25)9-8-10-21(3)32(40-7)22(4)27-17-29(37)35(6)30(45-35)12-11-20(2)26-14-24(16-31(38)42-26)15-28-33(43-28)34(39)44-27/h8-13,18,20,22,24,26-30,32-33,37H,14-17H2,1-7H3/t20-,22+,24+,26-,27+,28-,29+,30-,32+,33-,35-/m1/s1. The van der Waals surface area contributed by atoms with Crippen LogP contribution in [-0.2, 0) is 33.3 Å². The second-order valence-corrected chi connectivity index (χ2v) is 13.3. The van der Waals surface area contributed by atoms with E-state index in [4.69, 9.17) is 28.1 Å². The molecule has 4 aliphatic heterocycles. The molecule has 10 heteroatoms. The third-order valence-corrected chi connectivity index (χ3v) is 9.63. The van der Waals surface area contributed by atoms with Crippen LogP contribution in [0.15, 0.2) is 52.2 Å². The predicted octanol–water partition coefficient (Wildman–Crippen LogP) is 5.05. The van der Waals surface area contributed by atoms with E-state index in [-0.39, 0.29) is 48.5 Å². The van der Waals surface area contributed by atoms with E-state index >= 15 is 0 Å². The number of cyclic esters (lactones) is 1. The summed E-state index contributed by atoms with van der Waals surface area (Å²) in [7, 11) is 1.63. The van der Waals surface area contributed by atoms with E-state index in [9.17, 15) is 14.7 Å². The topological polar surface area (TPSA) is 133 Å². The molecule has 1 N–H and O–H groups in total. The third-order valence-electron chi connectivity index (χ3n) is 9.63. The van der Waals surface area contributed by atoms with Crippen molar-refractivity contribution in [2.75, 3.05) is 7.11 Å². The lowest BCUT2D eigenvalue weighted by molar-refractivity contribution is -0.159. The van der Waals surface area contributed by atoms with E-state index in [0.29, 0.717) is 25.2 Å². The van der Waals surface area contributed by atoms with Gasteiger partial charge in [-0.25, -0.2) is 9.78 Å². The number of aromatic nitrogens is 1. The Bertz CT molecular complexity index is 1360. The van der Waals surface area contributed by atoms with Gasteiger partial charge in [-0.1, -0.05) is 44.2 Å². The molecule has 3 fully saturated rings. The Hall–Kier alpha value is -3.05. The van der Waals surface area contributed by atoms with Gasteiger partial charge < -0.3 is 33.2 Å². The van der Waals surface area contributed by atoms with Crippen LogP contribution in [0.5, 0.6) is 0 Å². The first kappa shape index (κ1) is 33.3. The molecule has 0 radical (unpaired) electrons. The summed E-state index contributed by atoms with van der Waals surface area (Å²) in [6, 6.07) is 0. The van der Waals surface area contributed by atoms with Gasteiger partial charge in [-0.15, -0.1) is 0 Å². The fourth-order valence-electron chi connectivity index (χ4n) is 6.64. The zero-order valence-corrected chi connectivity index (χ0v) is 27.3. The summed E-state index contributed by atoms with van der Waals surface area (Å²) in [5, 5.41) is 11.4. The third kappa shape index (κ3) is 8.03. The maximum Gasteiger partial charge on any atom is 0.338 e. The zero-order valence-electron chi connectivity index (χ0n) is 27.3. The number of oxazole rings is 1. The number of allylic oxidation sites excluding steroid dienone is 4. The summed E-state index contributed by atoms with van der Waals surface area (Å²) in [4.78, 5) is 30.1. The lowest BCUT2D eigenvalue weighted by Crippen LogP contribution is -2.42. The van der Waals surface area contributed by atoms with E-state index in [1.807, 2.05) is 71.1 Å². The highest BCUT2D eigenvalue weighted by Crippen LogP contribution is 2.44. The number of fused-ring (bicyclic) bond motifs is 4. The number of epoxide rings is 2. The Morgan fingerprint density at radius 3 is 2.62 bits per heavy atom. The highest BCUT2D eigenvalue weighted by atomic mass is 16.6. The lowest BCUT2D eigenvalue weighted by Gasteiger charge is -2.33. The summed E-state index contributed by atoms with van der Waals surface area (Å²) in [5.74, 6) is -0.316. The van der Waals surface area contributed by atoms with Gasteiger partial charge in [0.1, 0.15) is 35.9 Å². The van der Waals surface area contributed by atoms with Crippen LogP contribution in [0, 0.1) is 24.7 Å². The van der Waals surface area contributed by atoms with Crippen molar-refractivity contribution in [2.24, 2.45) is 17.8 Å². The quantitative estimate of drug-likeness (QED) is 0.190. The van der Waals surface area contributed by atoms with Crippen molar-refractivity contribution >= 4 is 18.0 Å². The number of aliphatic hydroxyl groups excluding tert-OH is 1. The van der Waals surface area contributed by atoms with Crippen LogP contribution < -0.4 is 0 Å². The van der Waals surface area contributed by atoms with Crippen LogP contribution in [0.1, 0.15) is 71.9 Å². The molecule has 0 unspecified atom stereocenters. The molecule has 2 bridgehead atoms. The number of nitrogens with zero attached hydrogens (tertiary/aromatic N) is 1. The van der Waals surface area contributed by atoms with Crippen molar-refractivity contribution < 1.29 is 42.8 Å². The number of methoxy groups -OCH3 is 1. The second kappa shape index (κ2) is 13.7. The van der Waals surface area contributed by atoms with Gasteiger partial charge >= 0.3 is 11.9 Å². The highest BCUT2D eigenvalue weighted by Gasteiger charge is 2.57. The van der Waals surface area contributed by atoms with Gasteiger partial charge in [0.2, 0.25) is 0 Å². The van der Waals surface area contributed by atoms with Crippen molar-refractivity contribution in [3.05, 3.63) is 59.4 Å². The van der Waals surface area contributed by atoms with Crippen LogP contribution in [-0.4, -0.2) is 77.5 Å². The molecule has 10 nitrogen and oxygen atoms in total. The van der Waals surface area contributed by atoms with E-state index in [1.54, 1.807) is 20.3 Å². The molecule has 5 heterocycles. The van der Waals surface area contributed by atoms with E-state index < -0.39 is 36.0 Å². The molecule has 246 valence electrons. The lowest BCUT2D eigenvalue weighted by atomic mass is 9.84. The summed E-state index contributed by atoms with van der Waals surface area (Å²) in [6.45, 7) is 11.6. The number of aryl methyl sites for hydroxylation is 1. The first-order valence-electron chi connectivity index (χ1n) is 16.0. The molecule has 11 atom stereocenters. The molecule has 1 aromatic heterocycles. The number of esters is 2. The predicted molar refractivity (Wildman–Crippen MR) is 166 cm³/mol. The second-order valence-electron chi connectivity index (χ2n) is 13.3. The number of hydrogen-bond donors (Lipinski definition) is 1. The Morgan fingerprint density at radius 2 is 1.91 bits per heavy atom. The first-order chi connectivity index (χ1) is 21.4. The van der Waals surface area contributed by atoms with Gasteiger partial charge in [0.15, 0.2) is 12.0 Å². The van der Waals surface area contributed by atoms with Crippen molar-refractivity contribution in [1.82, 2.24) is 4.98 Å². The Morgan fingerprint density at radius 1 is 1.16 bits per heavy atom. The maximum absolute atomic E-state index is 13.4. The molecule has 0 aromatic carbocycles. The molecular formula is C35H47NO9. The number of rotatable bonds is 7. The summed E-state index contributed by atoms with van der Waals surface area (Å²) < 4.78 is 34.7. The van der Waals surface area contributed by atoms with Gasteiger partial charge in [-0.3, -0.25) is 4.79 Å². The number of carbonyl (C=O) groups excluding carboxylic acids is 2. The monoisotopic (exact) mass is 625 g/mol. The van der Waals surface area contributed by atoms with Crippen molar-refractivity contribution in [3.8, 4) is 0 Å². The average Bonchev–Trinajstić information content (AvgIpc) is 3.86. The minimum absolute atomic E-state index is 0.0130. The first-order valence-corrected chi connectivity index (χ1v) is 16.0. The molecule has 0 saturated carbocycles. The highest BCUT2D eigenvalue weighted by molar-refractivity contribution is 5.78. The SMILES string of the molecule is CO[C@@H](C(C)=CC=CC(C)=Cc1coc(C)n1)[C@@H](C)[C@@H]1C[C@H](O)[C@@]2(C)O[C@@H]2C=C[C@@H](C)[C@H]2C[C@H](CC(=O)O2)C[C@H]2O[C@H]2C(=O)O1. The fourth-order valence-corrected chi connectivity index (χ4v) is 6.64. The smallest absolute Gasteiger partial charge is 0.338 e. The zero-order chi connectivity index (χ0) is 32.5. The normalized spacial score (nSPS) is 37.3.